The van der Waals surface area contributed by atoms with Gasteiger partial charge in [0.1, 0.15) is 0 Å². The van der Waals surface area contributed by atoms with Crippen molar-refractivity contribution in [3.05, 3.63) is 188 Å². The lowest BCUT2D eigenvalue weighted by Gasteiger charge is -2.12. The van der Waals surface area contributed by atoms with Gasteiger partial charge in [0, 0.05) is 29.1 Å². The number of pyridine rings is 1. The van der Waals surface area contributed by atoms with Gasteiger partial charge < -0.3 is 0 Å². The molecule has 0 unspecified atom stereocenters. The van der Waals surface area contributed by atoms with Gasteiger partial charge in [-0.2, -0.15) is 0 Å². The Morgan fingerprint density at radius 3 is 1.46 bits per heavy atom. The van der Waals surface area contributed by atoms with E-state index in [0.717, 1.165) is 39.2 Å². The highest BCUT2D eigenvalue weighted by atomic mass is 14.9. The molecule has 0 N–H and O–H groups in total. The molecular formula is C49H31N3. The summed E-state index contributed by atoms with van der Waals surface area (Å²) in [5.74, 6) is 0.688. The minimum Gasteiger partial charge on any atom is -0.264 e. The van der Waals surface area contributed by atoms with Crippen molar-refractivity contribution in [2.45, 2.75) is 0 Å². The molecule has 3 heteroatoms. The van der Waals surface area contributed by atoms with Gasteiger partial charge in [-0.05, 0) is 78.5 Å². The molecule has 9 aromatic rings. The first-order valence-electron chi connectivity index (χ1n) is 17.6. The van der Waals surface area contributed by atoms with Crippen LogP contribution in [0.3, 0.4) is 0 Å². The van der Waals surface area contributed by atoms with Gasteiger partial charge in [0.2, 0.25) is 0 Å². The largest absolute Gasteiger partial charge is 0.264 e. The monoisotopic (exact) mass is 661 g/mol. The molecule has 7 aromatic carbocycles. The molecule has 52 heavy (non-hydrogen) atoms. The van der Waals surface area contributed by atoms with E-state index in [1.54, 1.807) is 6.20 Å². The molecule has 0 aliphatic heterocycles. The van der Waals surface area contributed by atoms with Crippen LogP contribution in [0.4, 0.5) is 0 Å². The molecule has 0 atom stereocenters. The van der Waals surface area contributed by atoms with Crippen LogP contribution in [0.1, 0.15) is 0 Å². The van der Waals surface area contributed by atoms with E-state index < -0.39 is 0 Å². The summed E-state index contributed by atoms with van der Waals surface area (Å²) in [4.78, 5) is 14.6. The van der Waals surface area contributed by atoms with Crippen molar-refractivity contribution < 1.29 is 0 Å². The fourth-order valence-electron chi connectivity index (χ4n) is 7.56. The minimum atomic E-state index is 0.688. The van der Waals surface area contributed by atoms with Crippen LogP contribution in [0.15, 0.2) is 188 Å². The van der Waals surface area contributed by atoms with E-state index in [4.69, 9.17) is 9.97 Å². The topological polar surface area (TPSA) is 38.7 Å². The van der Waals surface area contributed by atoms with Crippen LogP contribution in [0, 0.1) is 0 Å². The fourth-order valence-corrected chi connectivity index (χ4v) is 7.56. The smallest absolute Gasteiger partial charge is 0.160 e. The first-order valence-corrected chi connectivity index (χ1v) is 17.6. The average molecular weight is 662 g/mol. The van der Waals surface area contributed by atoms with E-state index in [2.05, 4.69) is 169 Å². The van der Waals surface area contributed by atoms with Crippen molar-refractivity contribution in [3.8, 4) is 89.5 Å². The van der Waals surface area contributed by atoms with Gasteiger partial charge in [-0.15, -0.1) is 0 Å². The predicted molar refractivity (Wildman–Crippen MR) is 214 cm³/mol. The van der Waals surface area contributed by atoms with Crippen molar-refractivity contribution in [2.24, 2.45) is 0 Å². The standard InChI is InChI=1S/C49H31N3/c1-2-8-32(9-3-1)33-15-21-36(22-16-33)46-30-47(52-49(51-46)38-25-17-34(18-26-38)39-10-7-29-50-31-39)37-23-19-35(20-24-37)40-27-28-45-42-12-5-4-11-41(42)44-14-6-13-43(40)48(44)45/h1-31H. The molecule has 0 radical (unpaired) electrons. The molecule has 1 aliphatic carbocycles. The molecule has 0 saturated carbocycles. The van der Waals surface area contributed by atoms with Crippen LogP contribution in [0.5, 0.6) is 0 Å². The molecule has 0 saturated heterocycles. The molecular weight excluding hydrogens is 631 g/mol. The van der Waals surface area contributed by atoms with E-state index in [0.29, 0.717) is 5.82 Å². The summed E-state index contributed by atoms with van der Waals surface area (Å²) in [5.41, 5.74) is 17.0. The highest BCUT2D eigenvalue weighted by Crippen LogP contribution is 2.49. The summed E-state index contributed by atoms with van der Waals surface area (Å²) in [6, 6.07) is 62.4. The van der Waals surface area contributed by atoms with Crippen LogP contribution >= 0.6 is 0 Å². The molecule has 2 heterocycles. The van der Waals surface area contributed by atoms with E-state index in [-0.39, 0.29) is 0 Å². The fraction of sp³-hybridized carbons (Fsp3) is 0. The Balaban J connectivity index is 1.04. The lowest BCUT2D eigenvalue weighted by Crippen LogP contribution is -1.96. The Morgan fingerprint density at radius 1 is 0.308 bits per heavy atom. The van der Waals surface area contributed by atoms with E-state index in [1.165, 1.54) is 55.3 Å². The molecule has 242 valence electrons. The quantitative estimate of drug-likeness (QED) is 0.178. The van der Waals surface area contributed by atoms with Crippen molar-refractivity contribution >= 4 is 10.8 Å². The van der Waals surface area contributed by atoms with Gasteiger partial charge in [0.05, 0.1) is 11.4 Å². The normalized spacial score (nSPS) is 11.5. The molecule has 2 aromatic heterocycles. The second-order valence-electron chi connectivity index (χ2n) is 13.2. The molecule has 0 amide bonds. The Hall–Kier alpha value is -6.97. The maximum atomic E-state index is 5.15. The number of rotatable bonds is 6. The zero-order chi connectivity index (χ0) is 34.4. The SMILES string of the molecule is c1ccc(-c2ccc(-c3cc(-c4ccc(-c5ccc6c7c(cccc57)-c5ccccc5-6)cc4)nc(-c4ccc(-c5cccnc5)cc4)n3)cc2)cc1. The summed E-state index contributed by atoms with van der Waals surface area (Å²) < 4.78 is 0. The molecule has 1 aliphatic rings. The summed E-state index contributed by atoms with van der Waals surface area (Å²) in [7, 11) is 0. The first kappa shape index (κ1) is 29.9. The van der Waals surface area contributed by atoms with Gasteiger partial charge in [0.15, 0.2) is 5.82 Å². The molecule has 0 bridgehead atoms. The number of nitrogens with zero attached hydrogens (tertiary/aromatic N) is 3. The third kappa shape index (κ3) is 5.19. The molecule has 0 fully saturated rings. The third-order valence-corrected chi connectivity index (χ3v) is 10.2. The number of fused-ring (bicyclic) bond motifs is 3. The van der Waals surface area contributed by atoms with Crippen molar-refractivity contribution in [2.75, 3.05) is 0 Å². The Bertz CT molecular complexity index is 2600. The second kappa shape index (κ2) is 12.4. The van der Waals surface area contributed by atoms with Gasteiger partial charge in [0.25, 0.3) is 0 Å². The Labute approximate surface area is 302 Å². The van der Waals surface area contributed by atoms with Gasteiger partial charge in [-0.1, -0.05) is 164 Å². The van der Waals surface area contributed by atoms with Crippen molar-refractivity contribution in [1.82, 2.24) is 15.0 Å². The summed E-state index contributed by atoms with van der Waals surface area (Å²) >= 11 is 0. The Kier molecular flexibility index (Phi) is 7.14. The van der Waals surface area contributed by atoms with E-state index in [1.807, 2.05) is 18.3 Å². The molecule has 3 nitrogen and oxygen atoms in total. The lowest BCUT2D eigenvalue weighted by molar-refractivity contribution is 1.18. The first-order chi connectivity index (χ1) is 25.8. The predicted octanol–water partition coefficient (Wildman–Crippen LogP) is 12.7. The number of benzene rings is 7. The maximum absolute atomic E-state index is 5.15. The summed E-state index contributed by atoms with van der Waals surface area (Å²) in [6.07, 6.45) is 3.68. The summed E-state index contributed by atoms with van der Waals surface area (Å²) in [6.45, 7) is 0. The van der Waals surface area contributed by atoms with Gasteiger partial charge in [-0.3, -0.25) is 4.98 Å². The number of hydrogen-bond acceptors (Lipinski definition) is 3. The lowest BCUT2D eigenvalue weighted by atomic mass is 9.93. The van der Waals surface area contributed by atoms with Crippen LogP contribution in [0.2, 0.25) is 0 Å². The van der Waals surface area contributed by atoms with Crippen LogP contribution < -0.4 is 0 Å². The molecule has 0 spiro atoms. The van der Waals surface area contributed by atoms with Crippen LogP contribution in [0.25, 0.3) is 100 Å². The number of aromatic nitrogens is 3. The average Bonchev–Trinajstić information content (AvgIpc) is 3.56. The highest BCUT2D eigenvalue weighted by Gasteiger charge is 2.22. The van der Waals surface area contributed by atoms with Crippen molar-refractivity contribution in [3.63, 3.8) is 0 Å². The summed E-state index contributed by atoms with van der Waals surface area (Å²) in [5, 5.41) is 2.61. The maximum Gasteiger partial charge on any atom is 0.160 e. The zero-order valence-electron chi connectivity index (χ0n) is 28.2. The Morgan fingerprint density at radius 2 is 0.808 bits per heavy atom. The second-order valence-corrected chi connectivity index (χ2v) is 13.2. The zero-order valence-corrected chi connectivity index (χ0v) is 28.2. The third-order valence-electron chi connectivity index (χ3n) is 10.2. The molecule has 10 rings (SSSR count). The van der Waals surface area contributed by atoms with Gasteiger partial charge >= 0.3 is 0 Å². The van der Waals surface area contributed by atoms with Crippen molar-refractivity contribution in [1.29, 1.82) is 0 Å². The number of hydrogen-bond donors (Lipinski definition) is 0. The van der Waals surface area contributed by atoms with E-state index in [9.17, 15) is 0 Å². The minimum absolute atomic E-state index is 0.688. The van der Waals surface area contributed by atoms with Gasteiger partial charge in [-0.25, -0.2) is 9.97 Å². The van der Waals surface area contributed by atoms with Crippen LogP contribution in [-0.4, -0.2) is 15.0 Å². The van der Waals surface area contributed by atoms with E-state index >= 15 is 0 Å². The highest BCUT2D eigenvalue weighted by molar-refractivity contribution is 6.18. The van der Waals surface area contributed by atoms with Crippen LogP contribution in [-0.2, 0) is 0 Å².